The van der Waals surface area contributed by atoms with Crippen LogP contribution in [0, 0.1) is 6.92 Å². The van der Waals surface area contributed by atoms with Crippen LogP contribution in [-0.4, -0.2) is 19.1 Å². The van der Waals surface area contributed by atoms with E-state index < -0.39 is 0 Å². The van der Waals surface area contributed by atoms with Gasteiger partial charge in [-0.3, -0.25) is 0 Å². The number of aromatic nitrogens is 4. The van der Waals surface area contributed by atoms with Crippen molar-refractivity contribution < 1.29 is 0 Å². The molecule has 0 aliphatic heterocycles. The average Bonchev–Trinajstić information content (AvgIpc) is 3.95. The summed E-state index contributed by atoms with van der Waals surface area (Å²) in [5.41, 5.74) is 18.4. The van der Waals surface area contributed by atoms with Gasteiger partial charge in [0.1, 0.15) is 0 Å². The highest BCUT2D eigenvalue weighted by Gasteiger charge is 2.18. The molecule has 0 atom stereocenters. The van der Waals surface area contributed by atoms with Gasteiger partial charge in [0.2, 0.25) is 0 Å². The van der Waals surface area contributed by atoms with E-state index in [2.05, 4.69) is 224 Å². The van der Waals surface area contributed by atoms with E-state index in [1.54, 1.807) is 0 Å². The first-order valence-corrected chi connectivity index (χ1v) is 23.2. The van der Waals surface area contributed by atoms with Gasteiger partial charge in [-0.2, -0.15) is 0 Å². The first-order valence-electron chi connectivity index (χ1n) is 23.2. The van der Waals surface area contributed by atoms with E-state index >= 15 is 0 Å². The molecular formula is C65H48N4. The van der Waals surface area contributed by atoms with Crippen molar-refractivity contribution in [2.45, 2.75) is 6.92 Å². The molecule has 69 heavy (non-hydrogen) atoms. The van der Waals surface area contributed by atoms with E-state index in [0.717, 1.165) is 100 Å². The van der Waals surface area contributed by atoms with Gasteiger partial charge in [0.25, 0.3) is 0 Å². The van der Waals surface area contributed by atoms with Crippen LogP contribution in [0.5, 0.6) is 0 Å². The standard InChI is InChI=1S/C65H48N4/c1-44(45(2)32-37-57-42-54-25-14-16-29-60(54)69(57)56-38-34-49(35-39-56)48-19-8-5-9-20-48)31-33-46(3)68-61-30-17-15-28-58(61)59-40-36-53(43-62(59)68)52-26-18-27-55(41-52)64-47(4)63(50-21-10-6-11-22-50)66-65(67-64)51-23-12-7-13-24-51/h5-43H,1-3H2,4H3/b33-31-,37-32-. The quantitative estimate of drug-likeness (QED) is 0.115. The fraction of sp³-hybridized carbons (Fsp3) is 0.0154. The molecule has 0 bridgehead atoms. The lowest BCUT2D eigenvalue weighted by atomic mass is 9.97. The van der Waals surface area contributed by atoms with Gasteiger partial charge in [0, 0.05) is 55.5 Å². The van der Waals surface area contributed by atoms with Crippen LogP contribution < -0.4 is 0 Å². The molecular weight excluding hydrogens is 837 g/mol. The molecule has 11 rings (SSSR count). The number of allylic oxidation sites excluding steroid dienone is 6. The second kappa shape index (κ2) is 18.3. The number of hydrogen-bond acceptors (Lipinski definition) is 2. The molecule has 0 amide bonds. The van der Waals surface area contributed by atoms with Gasteiger partial charge >= 0.3 is 0 Å². The van der Waals surface area contributed by atoms with Gasteiger partial charge in [0.15, 0.2) is 5.82 Å². The fourth-order valence-electron chi connectivity index (χ4n) is 9.39. The van der Waals surface area contributed by atoms with Crippen LogP contribution in [0.3, 0.4) is 0 Å². The Balaban J connectivity index is 0.893. The van der Waals surface area contributed by atoms with Crippen molar-refractivity contribution in [1.82, 2.24) is 19.1 Å². The van der Waals surface area contributed by atoms with Gasteiger partial charge in [0.05, 0.1) is 27.9 Å². The number of rotatable bonds is 12. The highest BCUT2D eigenvalue weighted by molar-refractivity contribution is 6.11. The Labute approximate surface area is 403 Å². The number of nitrogens with zero attached hydrogens (tertiary/aromatic N) is 4. The molecule has 0 aliphatic rings. The molecule has 0 unspecified atom stereocenters. The maximum absolute atomic E-state index is 5.21. The van der Waals surface area contributed by atoms with Gasteiger partial charge in [-0.15, -0.1) is 0 Å². The summed E-state index contributed by atoms with van der Waals surface area (Å²) in [5, 5.41) is 3.49. The predicted molar refractivity (Wildman–Crippen MR) is 292 cm³/mol. The smallest absolute Gasteiger partial charge is 0.160 e. The fourth-order valence-corrected chi connectivity index (χ4v) is 9.39. The van der Waals surface area contributed by atoms with Gasteiger partial charge < -0.3 is 9.13 Å². The molecule has 0 spiro atoms. The van der Waals surface area contributed by atoms with E-state index in [9.17, 15) is 0 Å². The molecule has 8 aromatic carbocycles. The third-order valence-corrected chi connectivity index (χ3v) is 13.0. The molecule has 3 aromatic heterocycles. The second-order valence-electron chi connectivity index (χ2n) is 17.4. The molecule has 11 aromatic rings. The molecule has 0 saturated heterocycles. The Kier molecular flexibility index (Phi) is 11.3. The molecule has 0 aliphatic carbocycles. The molecule has 0 fully saturated rings. The largest absolute Gasteiger partial charge is 0.310 e. The Morgan fingerprint density at radius 2 is 0.957 bits per heavy atom. The van der Waals surface area contributed by atoms with Gasteiger partial charge in [-0.1, -0.05) is 202 Å². The van der Waals surface area contributed by atoms with Crippen LogP contribution in [0.2, 0.25) is 0 Å². The lowest BCUT2D eigenvalue weighted by Crippen LogP contribution is -2.00. The first-order chi connectivity index (χ1) is 33.9. The monoisotopic (exact) mass is 884 g/mol. The molecule has 3 heterocycles. The van der Waals surface area contributed by atoms with Crippen LogP contribution >= 0.6 is 0 Å². The summed E-state index contributed by atoms with van der Waals surface area (Å²) in [5.74, 6) is 0.699. The normalized spacial score (nSPS) is 11.6. The summed E-state index contributed by atoms with van der Waals surface area (Å²) in [6.45, 7) is 15.6. The van der Waals surface area contributed by atoms with Crippen molar-refractivity contribution in [3.63, 3.8) is 0 Å². The Morgan fingerprint density at radius 3 is 1.70 bits per heavy atom. The van der Waals surface area contributed by atoms with Crippen molar-refractivity contribution in [3.05, 3.63) is 273 Å². The van der Waals surface area contributed by atoms with Crippen molar-refractivity contribution in [2.24, 2.45) is 0 Å². The van der Waals surface area contributed by atoms with E-state index in [0.29, 0.717) is 5.82 Å². The third kappa shape index (κ3) is 8.26. The zero-order chi connectivity index (χ0) is 46.8. The van der Waals surface area contributed by atoms with Crippen molar-refractivity contribution in [3.8, 4) is 61.8 Å². The highest BCUT2D eigenvalue weighted by Crippen LogP contribution is 2.38. The molecule has 0 radical (unpaired) electrons. The Morgan fingerprint density at radius 1 is 0.420 bits per heavy atom. The maximum atomic E-state index is 5.21. The summed E-state index contributed by atoms with van der Waals surface area (Å²) in [7, 11) is 0. The topological polar surface area (TPSA) is 35.6 Å². The van der Waals surface area contributed by atoms with Crippen LogP contribution in [0.4, 0.5) is 0 Å². The van der Waals surface area contributed by atoms with Crippen LogP contribution in [0.25, 0.3) is 106 Å². The summed E-state index contributed by atoms with van der Waals surface area (Å²) in [4.78, 5) is 10.3. The van der Waals surface area contributed by atoms with E-state index in [-0.39, 0.29) is 0 Å². The summed E-state index contributed by atoms with van der Waals surface area (Å²) in [6.07, 6.45) is 8.23. The zero-order valence-electron chi connectivity index (χ0n) is 38.4. The van der Waals surface area contributed by atoms with E-state index in [1.165, 1.54) is 16.5 Å². The van der Waals surface area contributed by atoms with Crippen molar-refractivity contribution in [1.29, 1.82) is 0 Å². The van der Waals surface area contributed by atoms with E-state index in [4.69, 9.17) is 9.97 Å². The van der Waals surface area contributed by atoms with Crippen LogP contribution in [0.15, 0.2) is 261 Å². The summed E-state index contributed by atoms with van der Waals surface area (Å²) < 4.78 is 4.54. The lowest BCUT2D eigenvalue weighted by molar-refractivity contribution is 1.11. The van der Waals surface area contributed by atoms with Crippen molar-refractivity contribution in [2.75, 3.05) is 0 Å². The van der Waals surface area contributed by atoms with Crippen LogP contribution in [0.1, 0.15) is 11.3 Å². The van der Waals surface area contributed by atoms with Crippen molar-refractivity contribution >= 4 is 44.5 Å². The molecule has 328 valence electrons. The highest BCUT2D eigenvalue weighted by atomic mass is 15.0. The van der Waals surface area contributed by atoms with Crippen LogP contribution in [-0.2, 0) is 0 Å². The second-order valence-corrected chi connectivity index (χ2v) is 17.4. The molecule has 0 saturated carbocycles. The number of benzene rings is 8. The number of fused-ring (bicyclic) bond motifs is 4. The SMILES string of the molecule is C=C(/C=C\C(=C)n1c2ccccc2c2ccc(-c3cccc(-c4nc(-c5ccccc5)nc(-c5ccccc5)c4C)c3)cc21)C(=C)/C=C\c1cc2ccccc2n1-c1ccc(-c2ccccc2)cc1. The minimum atomic E-state index is 0.699. The average molecular weight is 885 g/mol. The predicted octanol–water partition coefficient (Wildman–Crippen LogP) is 17.0. The number of hydrogen-bond donors (Lipinski definition) is 0. The van der Waals surface area contributed by atoms with E-state index in [1.807, 2.05) is 48.6 Å². The summed E-state index contributed by atoms with van der Waals surface area (Å²) >= 11 is 0. The van der Waals surface area contributed by atoms with Gasteiger partial charge in [-0.25, -0.2) is 9.97 Å². The molecule has 4 nitrogen and oxygen atoms in total. The minimum absolute atomic E-state index is 0.699. The maximum Gasteiger partial charge on any atom is 0.160 e. The third-order valence-electron chi connectivity index (χ3n) is 13.0. The Hall–Kier alpha value is -9.12. The first kappa shape index (κ1) is 42.5. The Bertz CT molecular complexity index is 3810. The minimum Gasteiger partial charge on any atom is -0.310 e. The summed E-state index contributed by atoms with van der Waals surface area (Å²) in [6, 6.07) is 74.4. The molecule has 4 heteroatoms. The van der Waals surface area contributed by atoms with Gasteiger partial charge in [-0.05, 0) is 94.9 Å². The molecule has 0 N–H and O–H groups in total. The lowest BCUT2D eigenvalue weighted by Gasteiger charge is -2.14. The number of para-hydroxylation sites is 2. The zero-order valence-corrected chi connectivity index (χ0v) is 38.4.